The van der Waals surface area contributed by atoms with Gasteiger partial charge in [-0.3, -0.25) is 4.79 Å². The number of rotatable bonds is 3. The summed E-state index contributed by atoms with van der Waals surface area (Å²) in [5.74, 6) is 0.608. The highest BCUT2D eigenvalue weighted by Crippen LogP contribution is 2.25. The van der Waals surface area contributed by atoms with Crippen molar-refractivity contribution in [3.8, 4) is 11.4 Å². The third-order valence-corrected chi connectivity index (χ3v) is 3.97. The van der Waals surface area contributed by atoms with Crippen LogP contribution in [-0.4, -0.2) is 39.4 Å². The van der Waals surface area contributed by atoms with Gasteiger partial charge in [-0.2, -0.15) is 0 Å². The quantitative estimate of drug-likeness (QED) is 0.881. The molecular formula is C16H18N4OS. The second-order valence-electron chi connectivity index (χ2n) is 5.43. The van der Waals surface area contributed by atoms with E-state index >= 15 is 0 Å². The molecule has 2 aromatic rings. The fraction of sp³-hybridized carbons (Fsp3) is 0.312. The van der Waals surface area contributed by atoms with E-state index in [0.29, 0.717) is 12.2 Å². The normalized spacial score (nSPS) is 15.0. The molecule has 0 spiro atoms. The summed E-state index contributed by atoms with van der Waals surface area (Å²) in [7, 11) is 2.06. The van der Waals surface area contributed by atoms with Gasteiger partial charge in [0.1, 0.15) is 5.82 Å². The first-order chi connectivity index (χ1) is 10.7. The maximum atomic E-state index is 12.3. The highest BCUT2D eigenvalue weighted by Gasteiger charge is 2.25. The van der Waals surface area contributed by atoms with Crippen molar-refractivity contribution in [1.29, 1.82) is 0 Å². The van der Waals surface area contributed by atoms with Gasteiger partial charge in [-0.05, 0) is 20.0 Å². The summed E-state index contributed by atoms with van der Waals surface area (Å²) in [5.41, 5.74) is 3.67. The van der Waals surface area contributed by atoms with Gasteiger partial charge in [-0.25, -0.2) is 4.98 Å². The lowest BCUT2D eigenvalue weighted by Gasteiger charge is -2.12. The average molecular weight is 314 g/mol. The SMILES string of the molecule is CN1CCCn2c(-c3ccccc3)nc(C(=O)NC=S)c2C1. The highest BCUT2D eigenvalue weighted by molar-refractivity contribution is 7.78. The minimum absolute atomic E-state index is 0.240. The van der Waals surface area contributed by atoms with Gasteiger partial charge in [-0.15, -0.1) is 0 Å². The molecule has 0 fully saturated rings. The third kappa shape index (κ3) is 2.80. The Hall–Kier alpha value is -2.05. The Labute approximate surface area is 135 Å². The number of amides is 1. The van der Waals surface area contributed by atoms with Gasteiger partial charge in [0.25, 0.3) is 5.91 Å². The van der Waals surface area contributed by atoms with Crippen molar-refractivity contribution < 1.29 is 4.79 Å². The van der Waals surface area contributed by atoms with Crippen LogP contribution in [0.25, 0.3) is 11.4 Å². The van der Waals surface area contributed by atoms with Crippen molar-refractivity contribution >= 4 is 23.6 Å². The summed E-state index contributed by atoms with van der Waals surface area (Å²) < 4.78 is 2.16. The molecule has 1 aliphatic heterocycles. The van der Waals surface area contributed by atoms with Crippen LogP contribution in [0.3, 0.4) is 0 Å². The molecule has 1 aromatic carbocycles. The van der Waals surface area contributed by atoms with Crippen LogP contribution in [0.15, 0.2) is 30.3 Å². The van der Waals surface area contributed by atoms with Gasteiger partial charge in [-0.1, -0.05) is 42.5 Å². The predicted octanol–water partition coefficient (Wildman–Crippen LogP) is 2.07. The molecule has 0 saturated carbocycles. The minimum atomic E-state index is -0.240. The van der Waals surface area contributed by atoms with Crippen molar-refractivity contribution in [2.45, 2.75) is 19.5 Å². The van der Waals surface area contributed by atoms with Crippen molar-refractivity contribution in [3.63, 3.8) is 0 Å². The Kier molecular flexibility index (Phi) is 4.31. The number of thiocarbonyl (C=S) groups is 1. The summed E-state index contributed by atoms with van der Waals surface area (Å²) in [6.45, 7) is 2.58. The van der Waals surface area contributed by atoms with E-state index in [-0.39, 0.29) is 5.91 Å². The zero-order chi connectivity index (χ0) is 15.5. The van der Waals surface area contributed by atoms with Crippen molar-refractivity contribution in [2.24, 2.45) is 0 Å². The number of benzene rings is 1. The average Bonchev–Trinajstić information content (AvgIpc) is 2.76. The van der Waals surface area contributed by atoms with Crippen LogP contribution < -0.4 is 5.32 Å². The smallest absolute Gasteiger partial charge is 0.276 e. The first-order valence-corrected chi connectivity index (χ1v) is 7.75. The predicted molar refractivity (Wildman–Crippen MR) is 89.7 cm³/mol. The monoisotopic (exact) mass is 314 g/mol. The van der Waals surface area contributed by atoms with Gasteiger partial charge in [0.2, 0.25) is 0 Å². The molecular weight excluding hydrogens is 296 g/mol. The van der Waals surface area contributed by atoms with Crippen molar-refractivity contribution in [2.75, 3.05) is 13.6 Å². The molecule has 0 aliphatic carbocycles. The Balaban J connectivity index is 2.13. The second-order valence-corrected chi connectivity index (χ2v) is 5.67. The zero-order valence-electron chi connectivity index (χ0n) is 12.5. The van der Waals surface area contributed by atoms with E-state index < -0.39 is 0 Å². The lowest BCUT2D eigenvalue weighted by molar-refractivity contribution is 0.0973. The molecule has 2 heterocycles. The number of carbonyl (C=O) groups excluding carboxylic acids is 1. The second kappa shape index (κ2) is 6.37. The molecule has 0 bridgehead atoms. The molecule has 1 N–H and O–H groups in total. The van der Waals surface area contributed by atoms with Crippen molar-refractivity contribution in [3.05, 3.63) is 41.7 Å². The third-order valence-electron chi connectivity index (χ3n) is 3.85. The molecule has 6 heteroatoms. The largest absolute Gasteiger partial charge is 0.326 e. The van der Waals surface area contributed by atoms with E-state index in [2.05, 4.69) is 26.8 Å². The molecule has 0 unspecified atom stereocenters. The molecule has 0 saturated heterocycles. The summed E-state index contributed by atoms with van der Waals surface area (Å²) in [6, 6.07) is 9.98. The number of nitrogens with zero attached hydrogens (tertiary/aromatic N) is 3. The van der Waals surface area contributed by atoms with E-state index in [1.54, 1.807) is 0 Å². The molecule has 22 heavy (non-hydrogen) atoms. The van der Waals surface area contributed by atoms with Gasteiger partial charge in [0, 0.05) is 18.7 Å². The maximum absolute atomic E-state index is 12.3. The van der Waals surface area contributed by atoms with Gasteiger partial charge in [0.15, 0.2) is 5.69 Å². The number of hydrogen-bond acceptors (Lipinski definition) is 4. The van der Waals surface area contributed by atoms with Gasteiger partial charge in [0.05, 0.1) is 11.2 Å². The van der Waals surface area contributed by atoms with E-state index in [1.807, 2.05) is 30.3 Å². The van der Waals surface area contributed by atoms with Crippen LogP contribution in [0.1, 0.15) is 22.6 Å². The topological polar surface area (TPSA) is 50.2 Å². The van der Waals surface area contributed by atoms with Crippen LogP contribution in [0, 0.1) is 0 Å². The number of fused-ring (bicyclic) bond motifs is 1. The Morgan fingerprint density at radius 1 is 1.32 bits per heavy atom. The molecule has 114 valence electrons. The van der Waals surface area contributed by atoms with Crippen LogP contribution in [0.4, 0.5) is 0 Å². The van der Waals surface area contributed by atoms with Gasteiger partial charge >= 0.3 is 0 Å². The van der Waals surface area contributed by atoms with E-state index in [0.717, 1.165) is 36.6 Å². The number of hydrogen-bond donors (Lipinski definition) is 1. The molecule has 1 aliphatic rings. The van der Waals surface area contributed by atoms with Crippen LogP contribution >= 0.6 is 12.2 Å². The summed E-state index contributed by atoms with van der Waals surface area (Å²) in [5, 5.41) is 2.57. The van der Waals surface area contributed by atoms with Crippen LogP contribution in [0.2, 0.25) is 0 Å². The first-order valence-electron chi connectivity index (χ1n) is 7.28. The summed E-state index contributed by atoms with van der Waals surface area (Å²) in [6.07, 6.45) is 1.04. The number of carbonyl (C=O) groups is 1. The van der Waals surface area contributed by atoms with Gasteiger partial charge < -0.3 is 14.8 Å². The lowest BCUT2D eigenvalue weighted by atomic mass is 10.2. The number of aromatic nitrogens is 2. The fourth-order valence-electron chi connectivity index (χ4n) is 2.83. The first kappa shape index (κ1) is 14.9. The lowest BCUT2D eigenvalue weighted by Crippen LogP contribution is -2.24. The Morgan fingerprint density at radius 2 is 2.09 bits per heavy atom. The van der Waals surface area contributed by atoms with Crippen LogP contribution in [0.5, 0.6) is 0 Å². The molecule has 0 atom stereocenters. The van der Waals surface area contributed by atoms with E-state index in [4.69, 9.17) is 12.2 Å². The standard InChI is InChI=1S/C16H18N4OS/c1-19-8-5-9-20-13(10-19)14(16(21)17-11-22)18-15(20)12-6-3-2-4-7-12/h2-4,6-7,11H,5,8-10H2,1H3,(H,17,21,22). The maximum Gasteiger partial charge on any atom is 0.276 e. The molecule has 1 aromatic heterocycles. The Bertz CT molecular complexity index is 696. The van der Waals surface area contributed by atoms with E-state index in [9.17, 15) is 4.79 Å². The minimum Gasteiger partial charge on any atom is -0.326 e. The molecule has 0 radical (unpaired) electrons. The zero-order valence-corrected chi connectivity index (χ0v) is 13.3. The summed E-state index contributed by atoms with van der Waals surface area (Å²) in [4.78, 5) is 19.1. The highest BCUT2D eigenvalue weighted by atomic mass is 32.1. The van der Waals surface area contributed by atoms with Crippen LogP contribution in [-0.2, 0) is 13.1 Å². The number of imidazole rings is 1. The van der Waals surface area contributed by atoms with E-state index in [1.165, 1.54) is 5.49 Å². The molecule has 5 nitrogen and oxygen atoms in total. The molecule has 1 amide bonds. The van der Waals surface area contributed by atoms with Crippen molar-refractivity contribution in [1.82, 2.24) is 19.8 Å². The molecule has 3 rings (SSSR count). The summed E-state index contributed by atoms with van der Waals surface area (Å²) >= 11 is 4.73. The Morgan fingerprint density at radius 3 is 2.82 bits per heavy atom. The fourth-order valence-corrected chi connectivity index (χ4v) is 2.94. The number of nitrogens with one attached hydrogen (secondary N) is 1.